The van der Waals surface area contributed by atoms with Gasteiger partial charge in [-0.05, 0) is 36.4 Å². The number of thioether (sulfide) groups is 1. The Morgan fingerprint density at radius 3 is 2.50 bits per heavy atom. The summed E-state index contributed by atoms with van der Waals surface area (Å²) in [6, 6.07) is 16.2. The van der Waals surface area contributed by atoms with Gasteiger partial charge in [-0.15, -0.1) is 11.8 Å². The fourth-order valence-corrected chi connectivity index (χ4v) is 2.56. The molecule has 1 aromatic heterocycles. The third-order valence-corrected chi connectivity index (χ3v) is 3.80. The van der Waals surface area contributed by atoms with E-state index in [0.717, 1.165) is 17.1 Å². The van der Waals surface area contributed by atoms with Crippen LogP contribution in [0.4, 0.5) is 4.39 Å². The van der Waals surface area contributed by atoms with E-state index in [4.69, 9.17) is 4.42 Å². The minimum atomic E-state index is -0.264. The normalized spacial score (nSPS) is 10.7. The first kappa shape index (κ1) is 12.9. The van der Waals surface area contributed by atoms with Gasteiger partial charge in [-0.25, -0.2) is 9.37 Å². The van der Waals surface area contributed by atoms with Crippen molar-refractivity contribution in [3.05, 3.63) is 72.4 Å². The van der Waals surface area contributed by atoms with E-state index in [1.807, 2.05) is 18.2 Å². The van der Waals surface area contributed by atoms with Crippen molar-refractivity contribution >= 4 is 11.8 Å². The van der Waals surface area contributed by atoms with Crippen LogP contribution in [0.25, 0.3) is 11.5 Å². The van der Waals surface area contributed by atoms with Gasteiger partial charge in [0.2, 0.25) is 5.89 Å². The van der Waals surface area contributed by atoms with Crippen molar-refractivity contribution in [2.45, 2.75) is 10.6 Å². The second kappa shape index (κ2) is 5.92. The summed E-state index contributed by atoms with van der Waals surface area (Å²) in [5, 5.41) is 0. The third kappa shape index (κ3) is 3.08. The third-order valence-electron chi connectivity index (χ3n) is 2.77. The molecule has 0 saturated carbocycles. The van der Waals surface area contributed by atoms with Crippen molar-refractivity contribution in [2.75, 3.05) is 0 Å². The van der Waals surface area contributed by atoms with Crippen LogP contribution in [0.15, 0.2) is 70.1 Å². The first-order valence-corrected chi connectivity index (χ1v) is 7.18. The molecule has 4 heteroatoms. The average Bonchev–Trinajstić information content (AvgIpc) is 2.96. The van der Waals surface area contributed by atoms with Gasteiger partial charge in [-0.3, -0.25) is 0 Å². The molecule has 0 aliphatic rings. The van der Waals surface area contributed by atoms with E-state index in [1.54, 1.807) is 30.1 Å². The van der Waals surface area contributed by atoms with Crippen LogP contribution in [0.1, 0.15) is 5.76 Å². The summed E-state index contributed by atoms with van der Waals surface area (Å²) >= 11 is 1.69. The molecule has 1 heterocycles. The minimum absolute atomic E-state index is 0.264. The first-order valence-electron chi connectivity index (χ1n) is 6.20. The Balaban J connectivity index is 1.69. The van der Waals surface area contributed by atoms with Crippen molar-refractivity contribution < 1.29 is 8.81 Å². The van der Waals surface area contributed by atoms with Crippen LogP contribution in [-0.2, 0) is 5.75 Å². The average molecular weight is 285 g/mol. The maximum absolute atomic E-state index is 12.9. The zero-order valence-electron chi connectivity index (χ0n) is 10.6. The summed E-state index contributed by atoms with van der Waals surface area (Å²) in [6.45, 7) is 0. The van der Waals surface area contributed by atoms with Crippen LogP contribution >= 0.6 is 11.8 Å². The lowest BCUT2D eigenvalue weighted by molar-refractivity contribution is 0.538. The number of hydrogen-bond acceptors (Lipinski definition) is 3. The van der Waals surface area contributed by atoms with Crippen LogP contribution in [0.3, 0.4) is 0 Å². The molecule has 20 heavy (non-hydrogen) atoms. The number of oxazole rings is 1. The Bertz CT molecular complexity index is 679. The SMILES string of the molecule is Fc1ccc(-c2ncc(CSc3ccccc3)o2)cc1. The van der Waals surface area contributed by atoms with Crippen molar-refractivity contribution in [1.82, 2.24) is 4.98 Å². The van der Waals surface area contributed by atoms with Crippen molar-refractivity contribution in [3.63, 3.8) is 0 Å². The van der Waals surface area contributed by atoms with Gasteiger partial charge in [0, 0.05) is 10.5 Å². The Kier molecular flexibility index (Phi) is 3.83. The molecule has 0 atom stereocenters. The molecule has 0 saturated heterocycles. The number of benzene rings is 2. The van der Waals surface area contributed by atoms with E-state index in [0.29, 0.717) is 5.89 Å². The van der Waals surface area contributed by atoms with Gasteiger partial charge in [0.15, 0.2) is 0 Å². The molecule has 0 radical (unpaired) electrons. The summed E-state index contributed by atoms with van der Waals surface area (Å²) in [7, 11) is 0. The Morgan fingerprint density at radius 1 is 1.00 bits per heavy atom. The van der Waals surface area contributed by atoms with Gasteiger partial charge in [0.1, 0.15) is 11.6 Å². The highest BCUT2D eigenvalue weighted by Crippen LogP contribution is 2.25. The summed E-state index contributed by atoms with van der Waals surface area (Å²) in [5.74, 6) is 1.78. The maximum Gasteiger partial charge on any atom is 0.226 e. The molecular weight excluding hydrogens is 273 g/mol. The molecular formula is C16H12FNOS. The highest BCUT2D eigenvalue weighted by molar-refractivity contribution is 7.98. The summed E-state index contributed by atoms with van der Waals surface area (Å²) in [5.41, 5.74) is 0.780. The Hall–Kier alpha value is -2.07. The lowest BCUT2D eigenvalue weighted by Gasteiger charge is -1.98. The highest BCUT2D eigenvalue weighted by Gasteiger charge is 2.07. The van der Waals surface area contributed by atoms with Crippen molar-refractivity contribution in [1.29, 1.82) is 0 Å². The fraction of sp³-hybridized carbons (Fsp3) is 0.0625. The lowest BCUT2D eigenvalue weighted by Crippen LogP contribution is -1.78. The van der Waals surface area contributed by atoms with E-state index in [9.17, 15) is 4.39 Å². The topological polar surface area (TPSA) is 26.0 Å². The first-order chi connectivity index (χ1) is 9.81. The van der Waals surface area contributed by atoms with Gasteiger partial charge < -0.3 is 4.42 Å². The maximum atomic E-state index is 12.9. The van der Waals surface area contributed by atoms with Crippen LogP contribution in [-0.4, -0.2) is 4.98 Å². The minimum Gasteiger partial charge on any atom is -0.440 e. The second-order valence-corrected chi connectivity index (χ2v) is 5.29. The van der Waals surface area contributed by atoms with Gasteiger partial charge in [-0.1, -0.05) is 18.2 Å². The van der Waals surface area contributed by atoms with Crippen LogP contribution in [0, 0.1) is 5.82 Å². The van der Waals surface area contributed by atoms with Crippen LogP contribution < -0.4 is 0 Å². The summed E-state index contributed by atoms with van der Waals surface area (Å²) in [6.07, 6.45) is 1.72. The highest BCUT2D eigenvalue weighted by atomic mass is 32.2. The summed E-state index contributed by atoms with van der Waals surface area (Å²) < 4.78 is 18.5. The standard InChI is InChI=1S/C16H12FNOS/c17-13-8-6-12(7-9-13)16-18-10-14(19-16)11-20-15-4-2-1-3-5-15/h1-10H,11H2. The number of aromatic nitrogens is 1. The zero-order valence-corrected chi connectivity index (χ0v) is 11.4. The molecule has 0 bridgehead atoms. The molecule has 3 aromatic rings. The molecule has 0 spiro atoms. The molecule has 0 unspecified atom stereocenters. The number of hydrogen-bond donors (Lipinski definition) is 0. The van der Waals surface area contributed by atoms with E-state index in [1.165, 1.54) is 17.0 Å². The molecule has 2 aromatic carbocycles. The Labute approximate surface area is 120 Å². The summed E-state index contributed by atoms with van der Waals surface area (Å²) in [4.78, 5) is 5.41. The van der Waals surface area contributed by atoms with E-state index >= 15 is 0 Å². The fourth-order valence-electron chi connectivity index (χ4n) is 1.77. The predicted octanol–water partition coefficient (Wildman–Crippen LogP) is 4.77. The van der Waals surface area contributed by atoms with Gasteiger partial charge in [0.05, 0.1) is 11.9 Å². The smallest absolute Gasteiger partial charge is 0.226 e. The van der Waals surface area contributed by atoms with E-state index in [2.05, 4.69) is 17.1 Å². The zero-order chi connectivity index (χ0) is 13.8. The van der Waals surface area contributed by atoms with Gasteiger partial charge in [0.25, 0.3) is 0 Å². The second-order valence-electron chi connectivity index (χ2n) is 4.24. The Morgan fingerprint density at radius 2 is 1.75 bits per heavy atom. The number of rotatable bonds is 4. The molecule has 2 nitrogen and oxygen atoms in total. The molecule has 3 rings (SSSR count). The van der Waals surface area contributed by atoms with E-state index < -0.39 is 0 Å². The monoisotopic (exact) mass is 285 g/mol. The number of nitrogens with zero attached hydrogens (tertiary/aromatic N) is 1. The number of halogens is 1. The van der Waals surface area contributed by atoms with Crippen molar-refractivity contribution in [3.8, 4) is 11.5 Å². The molecule has 0 aliphatic carbocycles. The molecule has 100 valence electrons. The molecule has 0 fully saturated rings. The van der Waals surface area contributed by atoms with Crippen molar-refractivity contribution in [2.24, 2.45) is 0 Å². The molecule has 0 aliphatic heterocycles. The lowest BCUT2D eigenvalue weighted by atomic mass is 10.2. The van der Waals surface area contributed by atoms with Gasteiger partial charge >= 0.3 is 0 Å². The predicted molar refractivity (Wildman–Crippen MR) is 77.9 cm³/mol. The van der Waals surface area contributed by atoms with Crippen LogP contribution in [0.5, 0.6) is 0 Å². The largest absolute Gasteiger partial charge is 0.440 e. The van der Waals surface area contributed by atoms with E-state index in [-0.39, 0.29) is 5.82 Å². The molecule has 0 N–H and O–H groups in total. The van der Waals surface area contributed by atoms with Crippen LogP contribution in [0.2, 0.25) is 0 Å². The van der Waals surface area contributed by atoms with Gasteiger partial charge in [-0.2, -0.15) is 0 Å². The molecule has 0 amide bonds. The quantitative estimate of drug-likeness (QED) is 0.646.